The number of hydrogen-bond donors (Lipinski definition) is 2. The van der Waals surface area contributed by atoms with Gasteiger partial charge in [-0.3, -0.25) is 9.69 Å². The van der Waals surface area contributed by atoms with E-state index in [9.17, 15) is 9.90 Å². The molecule has 0 aromatic heterocycles. The lowest BCUT2D eigenvalue weighted by molar-refractivity contribution is -0.124. The Morgan fingerprint density at radius 1 is 1.22 bits per heavy atom. The van der Waals surface area contributed by atoms with Crippen LogP contribution in [0.3, 0.4) is 0 Å². The van der Waals surface area contributed by atoms with Crippen LogP contribution in [0.25, 0.3) is 0 Å². The van der Waals surface area contributed by atoms with Crippen molar-refractivity contribution in [3.05, 3.63) is 47.5 Å². The number of nitrogens with zero attached hydrogens (tertiary/aromatic N) is 1. The van der Waals surface area contributed by atoms with Gasteiger partial charge in [-0.15, -0.1) is 0 Å². The maximum absolute atomic E-state index is 12.2. The second kappa shape index (κ2) is 7.75. The van der Waals surface area contributed by atoms with E-state index in [2.05, 4.69) is 34.5 Å². The first kappa shape index (κ1) is 16.2. The molecule has 0 saturated carbocycles. The fourth-order valence-corrected chi connectivity index (χ4v) is 3.57. The van der Waals surface area contributed by atoms with Crippen molar-refractivity contribution in [2.75, 3.05) is 13.2 Å². The fraction of sp³-hybridized carbons (Fsp3) is 0.526. The van der Waals surface area contributed by atoms with Crippen molar-refractivity contribution in [3.63, 3.8) is 0 Å². The molecule has 1 aromatic carbocycles. The van der Waals surface area contributed by atoms with Gasteiger partial charge in [0.2, 0.25) is 5.91 Å². The zero-order chi connectivity index (χ0) is 16.1. The normalized spacial score (nSPS) is 21.9. The molecule has 23 heavy (non-hydrogen) atoms. The minimum atomic E-state index is 0.111. The topological polar surface area (TPSA) is 52.6 Å². The summed E-state index contributed by atoms with van der Waals surface area (Å²) >= 11 is 0. The van der Waals surface area contributed by atoms with Crippen molar-refractivity contribution in [1.82, 2.24) is 10.2 Å². The van der Waals surface area contributed by atoms with Crippen LogP contribution in [0.2, 0.25) is 0 Å². The highest BCUT2D eigenvalue weighted by Crippen LogP contribution is 2.22. The number of nitrogens with one attached hydrogen (secondary N) is 1. The molecular formula is C19H26N2O2. The first-order valence-corrected chi connectivity index (χ1v) is 8.62. The molecule has 1 atom stereocenters. The van der Waals surface area contributed by atoms with Crippen LogP contribution in [0.5, 0.6) is 0 Å². The molecule has 0 spiro atoms. The molecule has 1 heterocycles. The van der Waals surface area contributed by atoms with Crippen LogP contribution in [-0.4, -0.2) is 35.1 Å². The van der Waals surface area contributed by atoms with Crippen molar-refractivity contribution >= 4 is 5.91 Å². The zero-order valence-electron chi connectivity index (χ0n) is 13.6. The highest BCUT2D eigenvalue weighted by atomic mass is 16.3. The summed E-state index contributed by atoms with van der Waals surface area (Å²) in [6, 6.07) is 8.57. The predicted octanol–water partition coefficient (Wildman–Crippen LogP) is 2.23. The molecule has 1 aromatic rings. The van der Waals surface area contributed by atoms with E-state index in [4.69, 9.17) is 0 Å². The van der Waals surface area contributed by atoms with Crippen LogP contribution in [0.1, 0.15) is 36.8 Å². The molecule has 0 radical (unpaired) electrons. The molecule has 1 saturated heterocycles. The van der Waals surface area contributed by atoms with Gasteiger partial charge in [-0.05, 0) is 43.4 Å². The largest absolute Gasteiger partial charge is 0.395 e. The summed E-state index contributed by atoms with van der Waals surface area (Å²) in [5.74, 6) is 0.263. The maximum atomic E-state index is 12.2. The summed E-state index contributed by atoms with van der Waals surface area (Å²) in [5, 5.41) is 12.6. The van der Waals surface area contributed by atoms with Crippen molar-refractivity contribution in [2.45, 2.75) is 44.8 Å². The Bertz CT molecular complexity index is 562. The molecule has 4 nitrogen and oxygen atoms in total. The third kappa shape index (κ3) is 4.01. The molecule has 1 aliphatic heterocycles. The van der Waals surface area contributed by atoms with E-state index >= 15 is 0 Å². The van der Waals surface area contributed by atoms with Crippen LogP contribution in [0, 0.1) is 5.92 Å². The number of benzene rings is 1. The molecule has 1 amide bonds. The quantitative estimate of drug-likeness (QED) is 0.792. The van der Waals surface area contributed by atoms with Crippen molar-refractivity contribution < 1.29 is 9.90 Å². The van der Waals surface area contributed by atoms with Gasteiger partial charge >= 0.3 is 0 Å². The second-order valence-electron chi connectivity index (χ2n) is 6.58. The SMILES string of the molecule is O=C(NCc1ccccc1CN1CCCC1CO)C1CC=CC1. The van der Waals surface area contributed by atoms with Gasteiger partial charge in [0.1, 0.15) is 0 Å². The summed E-state index contributed by atoms with van der Waals surface area (Å²) in [6.07, 6.45) is 8.11. The van der Waals surface area contributed by atoms with Crippen LogP contribution < -0.4 is 5.32 Å². The zero-order valence-corrected chi connectivity index (χ0v) is 13.6. The summed E-state index contributed by atoms with van der Waals surface area (Å²) in [7, 11) is 0. The first-order valence-electron chi connectivity index (χ1n) is 8.62. The van der Waals surface area contributed by atoms with Gasteiger partial charge < -0.3 is 10.4 Å². The van der Waals surface area contributed by atoms with E-state index < -0.39 is 0 Å². The number of aliphatic hydroxyl groups is 1. The van der Waals surface area contributed by atoms with Gasteiger partial charge in [0, 0.05) is 25.0 Å². The Morgan fingerprint density at radius 2 is 1.96 bits per heavy atom. The number of carbonyl (C=O) groups excluding carboxylic acids is 1. The fourth-order valence-electron chi connectivity index (χ4n) is 3.57. The summed E-state index contributed by atoms with van der Waals surface area (Å²) in [4.78, 5) is 14.5. The molecule has 1 unspecified atom stereocenters. The Labute approximate surface area is 138 Å². The highest BCUT2D eigenvalue weighted by Gasteiger charge is 2.24. The van der Waals surface area contributed by atoms with Crippen molar-refractivity contribution in [1.29, 1.82) is 0 Å². The van der Waals surface area contributed by atoms with Crippen LogP contribution in [-0.2, 0) is 17.9 Å². The number of carbonyl (C=O) groups is 1. The van der Waals surface area contributed by atoms with Crippen LogP contribution in [0.15, 0.2) is 36.4 Å². The average Bonchev–Trinajstić information content (AvgIpc) is 3.25. The lowest BCUT2D eigenvalue weighted by Gasteiger charge is -2.24. The lowest BCUT2D eigenvalue weighted by atomic mass is 10.0. The van der Waals surface area contributed by atoms with Crippen LogP contribution in [0.4, 0.5) is 0 Å². The molecule has 2 N–H and O–H groups in total. The van der Waals surface area contributed by atoms with Gasteiger partial charge in [0.25, 0.3) is 0 Å². The number of allylic oxidation sites excluding steroid dienone is 2. The number of aliphatic hydroxyl groups excluding tert-OH is 1. The van der Waals surface area contributed by atoms with E-state index in [0.29, 0.717) is 6.54 Å². The average molecular weight is 314 g/mol. The number of rotatable bonds is 6. The minimum Gasteiger partial charge on any atom is -0.395 e. The Morgan fingerprint density at radius 3 is 2.70 bits per heavy atom. The number of amides is 1. The van der Waals surface area contributed by atoms with Crippen molar-refractivity contribution in [2.24, 2.45) is 5.92 Å². The summed E-state index contributed by atoms with van der Waals surface area (Å²) in [6.45, 7) is 2.71. The molecule has 3 rings (SSSR count). The van der Waals surface area contributed by atoms with Gasteiger partial charge in [-0.25, -0.2) is 0 Å². The van der Waals surface area contributed by atoms with Gasteiger partial charge in [-0.2, -0.15) is 0 Å². The predicted molar refractivity (Wildman–Crippen MR) is 90.7 cm³/mol. The molecule has 0 bridgehead atoms. The second-order valence-corrected chi connectivity index (χ2v) is 6.58. The monoisotopic (exact) mass is 314 g/mol. The molecule has 124 valence electrons. The molecular weight excluding hydrogens is 288 g/mol. The molecule has 1 aliphatic carbocycles. The summed E-state index contributed by atoms with van der Waals surface area (Å²) < 4.78 is 0. The van der Waals surface area contributed by atoms with E-state index in [0.717, 1.165) is 38.8 Å². The standard InChI is InChI=1S/C19H26N2O2/c22-14-18-10-5-11-21(18)13-17-9-4-3-8-16(17)12-20-19(23)15-6-1-2-7-15/h1-4,8-9,15,18,22H,5-7,10-14H2,(H,20,23). The van der Waals surface area contributed by atoms with E-state index in [1.54, 1.807) is 0 Å². The van der Waals surface area contributed by atoms with E-state index in [-0.39, 0.29) is 24.5 Å². The van der Waals surface area contributed by atoms with Gasteiger partial charge in [0.15, 0.2) is 0 Å². The highest BCUT2D eigenvalue weighted by molar-refractivity contribution is 5.79. The third-order valence-electron chi connectivity index (χ3n) is 5.03. The van der Waals surface area contributed by atoms with Gasteiger partial charge in [0.05, 0.1) is 6.61 Å². The first-order chi connectivity index (χ1) is 11.3. The maximum Gasteiger partial charge on any atom is 0.224 e. The van der Waals surface area contributed by atoms with Gasteiger partial charge in [-0.1, -0.05) is 36.4 Å². The molecule has 4 heteroatoms. The Balaban J connectivity index is 1.60. The number of hydrogen-bond acceptors (Lipinski definition) is 3. The number of likely N-dealkylation sites (tertiary alicyclic amines) is 1. The molecule has 1 fully saturated rings. The molecule has 2 aliphatic rings. The lowest BCUT2D eigenvalue weighted by Crippen LogP contribution is -2.33. The smallest absolute Gasteiger partial charge is 0.224 e. The van der Waals surface area contributed by atoms with E-state index in [1.807, 2.05) is 12.1 Å². The van der Waals surface area contributed by atoms with Crippen molar-refractivity contribution in [3.8, 4) is 0 Å². The Hall–Kier alpha value is -1.65. The van der Waals surface area contributed by atoms with Crippen LogP contribution >= 0.6 is 0 Å². The summed E-state index contributed by atoms with van der Waals surface area (Å²) in [5.41, 5.74) is 2.42. The Kier molecular flexibility index (Phi) is 5.47. The van der Waals surface area contributed by atoms with E-state index in [1.165, 1.54) is 11.1 Å². The minimum absolute atomic E-state index is 0.111. The third-order valence-corrected chi connectivity index (χ3v) is 5.03.